The third-order valence-electron chi connectivity index (χ3n) is 5.86. The first-order valence-corrected chi connectivity index (χ1v) is 10.8. The minimum atomic E-state index is -0.416. The van der Waals surface area contributed by atoms with Crippen LogP contribution in [0.15, 0.2) is 51.7 Å². The van der Waals surface area contributed by atoms with Gasteiger partial charge in [-0.2, -0.15) is 0 Å². The number of rotatable bonds is 2. The van der Waals surface area contributed by atoms with Crippen LogP contribution in [0, 0.1) is 13.8 Å². The Hall–Kier alpha value is -4.04. The van der Waals surface area contributed by atoms with E-state index in [1.165, 1.54) is 11.3 Å². The molecule has 1 N–H and O–H groups in total. The highest BCUT2D eigenvalue weighted by molar-refractivity contribution is 7.15. The van der Waals surface area contributed by atoms with Crippen LogP contribution in [-0.2, 0) is 0 Å². The van der Waals surface area contributed by atoms with Crippen molar-refractivity contribution in [2.24, 2.45) is 0 Å². The van der Waals surface area contributed by atoms with Gasteiger partial charge in [0.15, 0.2) is 4.96 Å². The molecule has 2 aromatic carbocycles. The van der Waals surface area contributed by atoms with E-state index in [1.54, 1.807) is 40.8 Å². The number of nitrogens with zero attached hydrogens (tertiary/aromatic N) is 2. The number of nitrogens with one attached hydrogen (secondary N) is 1. The van der Waals surface area contributed by atoms with Gasteiger partial charge in [0.25, 0.3) is 17.4 Å². The number of carbonyl (C=O) groups excluding carboxylic acids is 2. The lowest BCUT2D eigenvalue weighted by Gasteiger charge is -1.99. The molecule has 1 aliphatic rings. The van der Waals surface area contributed by atoms with Crippen molar-refractivity contribution < 1.29 is 14.0 Å². The molecule has 2 amide bonds. The fourth-order valence-electron chi connectivity index (χ4n) is 4.00. The number of imide groups is 1. The number of imidazole rings is 1. The van der Waals surface area contributed by atoms with Crippen LogP contribution in [0.25, 0.3) is 33.4 Å². The second-order valence-electron chi connectivity index (χ2n) is 7.77. The first-order valence-electron chi connectivity index (χ1n) is 9.93. The molecule has 0 spiro atoms. The molecule has 3 aromatic heterocycles. The maximum absolute atomic E-state index is 13.1. The van der Waals surface area contributed by atoms with Crippen molar-refractivity contribution in [3.63, 3.8) is 0 Å². The van der Waals surface area contributed by atoms with Crippen LogP contribution in [0.2, 0.25) is 0 Å². The zero-order chi connectivity index (χ0) is 22.1. The molecule has 0 saturated heterocycles. The fourth-order valence-corrected chi connectivity index (χ4v) is 4.96. The van der Waals surface area contributed by atoms with E-state index in [1.807, 2.05) is 26.0 Å². The summed E-state index contributed by atoms with van der Waals surface area (Å²) in [6, 6.07) is 12.4. The number of fused-ring (bicyclic) bond motifs is 4. The van der Waals surface area contributed by atoms with Gasteiger partial charge in [0.2, 0.25) is 0 Å². The standard InChI is InChI=1S/C24H15N3O4S/c1-11-3-7-17-20(12(11)2)25-24-27(17)23(30)19(32-24)10-14-5-8-18(31-14)13-4-6-15-16(9-13)22(29)26-21(15)28/h3-10H,1-2H3,(H,26,28,29). The minimum absolute atomic E-state index is 0.138. The largest absolute Gasteiger partial charge is 0.457 e. The quantitative estimate of drug-likeness (QED) is 0.425. The number of carbonyl (C=O) groups is 2. The molecule has 1 aliphatic heterocycles. The maximum Gasteiger partial charge on any atom is 0.275 e. The van der Waals surface area contributed by atoms with Crippen LogP contribution in [0.1, 0.15) is 37.6 Å². The van der Waals surface area contributed by atoms with E-state index >= 15 is 0 Å². The molecule has 8 heteroatoms. The Bertz CT molecular complexity index is 1740. The van der Waals surface area contributed by atoms with Crippen LogP contribution < -0.4 is 15.4 Å². The summed E-state index contributed by atoms with van der Waals surface area (Å²) in [5.41, 5.74) is 5.08. The van der Waals surface area contributed by atoms with Gasteiger partial charge in [-0.3, -0.25) is 19.7 Å². The zero-order valence-electron chi connectivity index (χ0n) is 17.1. The molecule has 32 heavy (non-hydrogen) atoms. The second-order valence-corrected chi connectivity index (χ2v) is 8.78. The number of benzene rings is 2. The van der Waals surface area contributed by atoms with Gasteiger partial charge in [0, 0.05) is 11.6 Å². The van der Waals surface area contributed by atoms with Gasteiger partial charge in [-0.05, 0) is 55.3 Å². The third-order valence-corrected chi connectivity index (χ3v) is 6.82. The van der Waals surface area contributed by atoms with E-state index in [0.717, 1.165) is 22.2 Å². The molecule has 0 aliphatic carbocycles. The first-order chi connectivity index (χ1) is 15.4. The lowest BCUT2D eigenvalue weighted by molar-refractivity contribution is 0.0879. The lowest BCUT2D eigenvalue weighted by atomic mass is 10.0. The van der Waals surface area contributed by atoms with Crippen LogP contribution >= 0.6 is 11.3 Å². The SMILES string of the molecule is Cc1ccc2c(nc3sc(=Cc4ccc(-c5ccc6c(c5)C(=O)NC6=O)o4)c(=O)n32)c1C. The van der Waals surface area contributed by atoms with E-state index in [0.29, 0.717) is 37.7 Å². The highest BCUT2D eigenvalue weighted by Gasteiger charge is 2.27. The highest BCUT2D eigenvalue weighted by Crippen LogP contribution is 2.27. The number of aromatic nitrogens is 2. The topological polar surface area (TPSA) is 93.7 Å². The Balaban J connectivity index is 1.43. The van der Waals surface area contributed by atoms with Gasteiger partial charge >= 0.3 is 0 Å². The van der Waals surface area contributed by atoms with Crippen molar-refractivity contribution in [3.05, 3.63) is 85.4 Å². The van der Waals surface area contributed by atoms with Crippen LogP contribution in [0.4, 0.5) is 0 Å². The van der Waals surface area contributed by atoms with Crippen molar-refractivity contribution in [1.29, 1.82) is 0 Å². The Morgan fingerprint density at radius 3 is 2.66 bits per heavy atom. The summed E-state index contributed by atoms with van der Waals surface area (Å²) in [6.45, 7) is 4.04. The molecule has 0 atom stereocenters. The van der Waals surface area contributed by atoms with Gasteiger partial charge in [-0.15, -0.1) is 0 Å². The van der Waals surface area contributed by atoms with Crippen LogP contribution in [0.3, 0.4) is 0 Å². The van der Waals surface area contributed by atoms with Gasteiger partial charge < -0.3 is 4.42 Å². The summed E-state index contributed by atoms with van der Waals surface area (Å²) in [6.07, 6.45) is 1.70. The Morgan fingerprint density at radius 1 is 1.00 bits per heavy atom. The summed E-state index contributed by atoms with van der Waals surface area (Å²) < 4.78 is 8.07. The average molecular weight is 441 g/mol. The van der Waals surface area contributed by atoms with Crippen molar-refractivity contribution in [2.45, 2.75) is 13.8 Å². The van der Waals surface area contributed by atoms with Crippen molar-refractivity contribution >= 4 is 45.2 Å². The van der Waals surface area contributed by atoms with Gasteiger partial charge in [-0.1, -0.05) is 23.5 Å². The number of aryl methyl sites for hydroxylation is 2. The zero-order valence-corrected chi connectivity index (χ0v) is 17.9. The Kier molecular flexibility index (Phi) is 3.79. The molecule has 156 valence electrons. The minimum Gasteiger partial charge on any atom is -0.457 e. The summed E-state index contributed by atoms with van der Waals surface area (Å²) in [4.78, 5) is 42.0. The Labute approximate surface area is 184 Å². The molecule has 4 heterocycles. The monoisotopic (exact) mass is 441 g/mol. The van der Waals surface area contributed by atoms with E-state index < -0.39 is 11.8 Å². The molecule has 0 fully saturated rings. The summed E-state index contributed by atoms with van der Waals surface area (Å²) >= 11 is 1.31. The van der Waals surface area contributed by atoms with E-state index in [4.69, 9.17) is 4.42 Å². The third kappa shape index (κ3) is 2.59. The number of amides is 2. The Morgan fingerprint density at radius 2 is 1.81 bits per heavy atom. The molecule has 7 nitrogen and oxygen atoms in total. The number of furan rings is 1. The van der Waals surface area contributed by atoms with E-state index in [9.17, 15) is 14.4 Å². The number of hydrogen-bond donors (Lipinski definition) is 1. The van der Waals surface area contributed by atoms with Crippen LogP contribution in [-0.4, -0.2) is 21.2 Å². The molecule has 6 rings (SSSR count). The first kappa shape index (κ1) is 18.7. The highest BCUT2D eigenvalue weighted by atomic mass is 32.1. The maximum atomic E-state index is 13.1. The molecule has 0 bridgehead atoms. The van der Waals surface area contributed by atoms with Crippen molar-refractivity contribution in [3.8, 4) is 11.3 Å². The normalized spacial score (nSPS) is 14.0. The predicted molar refractivity (Wildman–Crippen MR) is 121 cm³/mol. The summed E-state index contributed by atoms with van der Waals surface area (Å²) in [5.74, 6) is 0.241. The molecule has 0 radical (unpaired) electrons. The smallest absolute Gasteiger partial charge is 0.275 e. The average Bonchev–Trinajstić information content (AvgIpc) is 3.51. The number of thiazole rings is 1. The second kappa shape index (κ2) is 6.48. The fraction of sp³-hybridized carbons (Fsp3) is 0.0833. The molecule has 0 unspecified atom stereocenters. The summed E-state index contributed by atoms with van der Waals surface area (Å²) in [5, 5.41) is 2.28. The molecular weight excluding hydrogens is 426 g/mol. The molecule has 5 aromatic rings. The van der Waals surface area contributed by atoms with Crippen molar-refractivity contribution in [2.75, 3.05) is 0 Å². The molecule has 0 saturated carbocycles. The van der Waals surface area contributed by atoms with Crippen molar-refractivity contribution in [1.82, 2.24) is 14.7 Å². The van der Waals surface area contributed by atoms with Crippen LogP contribution in [0.5, 0.6) is 0 Å². The van der Waals surface area contributed by atoms with Gasteiger partial charge in [0.1, 0.15) is 16.1 Å². The predicted octanol–water partition coefficient (Wildman–Crippen LogP) is 3.22. The van der Waals surface area contributed by atoms with Gasteiger partial charge in [0.05, 0.1) is 22.2 Å². The van der Waals surface area contributed by atoms with Gasteiger partial charge in [-0.25, -0.2) is 9.38 Å². The summed E-state index contributed by atoms with van der Waals surface area (Å²) in [7, 11) is 0. The molecular formula is C24H15N3O4S. The van der Waals surface area contributed by atoms with E-state index in [2.05, 4.69) is 10.3 Å². The lowest BCUT2D eigenvalue weighted by Crippen LogP contribution is -2.22. The van der Waals surface area contributed by atoms with E-state index in [-0.39, 0.29) is 5.56 Å². The number of hydrogen-bond acceptors (Lipinski definition) is 6.